The van der Waals surface area contributed by atoms with E-state index in [0.717, 1.165) is 31.3 Å². The van der Waals surface area contributed by atoms with Crippen molar-refractivity contribution in [2.75, 3.05) is 35.6 Å². The molecule has 0 spiro atoms. The molecule has 1 N–H and O–H groups in total. The predicted octanol–water partition coefficient (Wildman–Crippen LogP) is 1.43. The van der Waals surface area contributed by atoms with Crippen LogP contribution in [0.25, 0.3) is 5.95 Å². The third-order valence-electron chi connectivity index (χ3n) is 3.21. The van der Waals surface area contributed by atoms with E-state index in [0.29, 0.717) is 17.1 Å². The van der Waals surface area contributed by atoms with Crippen LogP contribution in [-0.4, -0.2) is 55.1 Å². The van der Waals surface area contributed by atoms with E-state index in [9.17, 15) is 0 Å². The molecule has 3 rings (SSSR count). The van der Waals surface area contributed by atoms with Crippen molar-refractivity contribution in [1.82, 2.24) is 24.5 Å². The number of nitrogens with zero attached hydrogens (tertiary/aromatic N) is 6. The van der Waals surface area contributed by atoms with Gasteiger partial charge in [-0.1, -0.05) is 6.92 Å². The number of imidazole rings is 1. The Morgan fingerprint density at radius 2 is 2.19 bits per heavy atom. The summed E-state index contributed by atoms with van der Waals surface area (Å²) in [6, 6.07) is 0. The molecule has 1 fully saturated rings. The molecular formula is C13H19N7S. The Balaban J connectivity index is 1.95. The van der Waals surface area contributed by atoms with E-state index in [-0.39, 0.29) is 0 Å². The van der Waals surface area contributed by atoms with E-state index < -0.39 is 0 Å². The van der Waals surface area contributed by atoms with Gasteiger partial charge in [0.2, 0.25) is 17.8 Å². The average molecular weight is 305 g/mol. The Kier molecular flexibility index (Phi) is 4.23. The minimum Gasteiger partial charge on any atom is -0.354 e. The highest BCUT2D eigenvalue weighted by atomic mass is 32.2. The van der Waals surface area contributed by atoms with Gasteiger partial charge in [-0.2, -0.15) is 26.7 Å². The van der Waals surface area contributed by atoms with Gasteiger partial charge in [-0.15, -0.1) is 0 Å². The third kappa shape index (κ3) is 3.26. The van der Waals surface area contributed by atoms with E-state index in [1.807, 2.05) is 24.9 Å². The second-order valence-corrected chi connectivity index (χ2v) is 6.43. The van der Waals surface area contributed by atoms with Crippen molar-refractivity contribution in [1.29, 1.82) is 0 Å². The molecule has 8 heteroatoms. The lowest BCUT2D eigenvalue weighted by molar-refractivity contribution is 0.742. The molecule has 7 nitrogen and oxygen atoms in total. The van der Waals surface area contributed by atoms with Crippen LogP contribution in [0.5, 0.6) is 0 Å². The fourth-order valence-corrected chi connectivity index (χ4v) is 3.24. The first kappa shape index (κ1) is 14.1. The van der Waals surface area contributed by atoms with Crippen LogP contribution in [0.2, 0.25) is 0 Å². The zero-order valence-corrected chi connectivity index (χ0v) is 13.0. The molecule has 2 aromatic heterocycles. The van der Waals surface area contributed by atoms with Gasteiger partial charge in [0.05, 0.1) is 0 Å². The highest BCUT2D eigenvalue weighted by Gasteiger charge is 2.20. The van der Waals surface area contributed by atoms with Crippen molar-refractivity contribution in [3.63, 3.8) is 0 Å². The van der Waals surface area contributed by atoms with Gasteiger partial charge in [0, 0.05) is 43.0 Å². The van der Waals surface area contributed by atoms with E-state index in [2.05, 4.69) is 37.1 Å². The van der Waals surface area contributed by atoms with E-state index in [1.165, 1.54) is 0 Å². The van der Waals surface area contributed by atoms with Crippen molar-refractivity contribution >= 4 is 23.7 Å². The first-order valence-corrected chi connectivity index (χ1v) is 8.16. The van der Waals surface area contributed by atoms with E-state index in [1.54, 1.807) is 17.1 Å². The monoisotopic (exact) mass is 305 g/mol. The number of hydrogen-bond donors (Lipinski definition) is 1. The quantitative estimate of drug-likeness (QED) is 0.916. The normalized spacial score (nSPS) is 18.8. The zero-order chi connectivity index (χ0) is 14.7. The maximum atomic E-state index is 4.59. The maximum absolute atomic E-state index is 4.59. The lowest BCUT2D eigenvalue weighted by Crippen LogP contribution is -2.38. The summed E-state index contributed by atoms with van der Waals surface area (Å²) in [5.74, 6) is 3.04. The molecule has 0 radical (unpaired) electrons. The van der Waals surface area contributed by atoms with Crippen LogP contribution >= 0.6 is 11.8 Å². The van der Waals surface area contributed by atoms with Gasteiger partial charge in [0.1, 0.15) is 6.33 Å². The Labute approximate surface area is 128 Å². The second-order valence-electron chi connectivity index (χ2n) is 4.89. The van der Waals surface area contributed by atoms with Crippen LogP contribution in [0.3, 0.4) is 0 Å². The number of hydrogen-bond acceptors (Lipinski definition) is 7. The van der Waals surface area contributed by atoms with Crippen molar-refractivity contribution in [2.45, 2.75) is 19.1 Å². The average Bonchev–Trinajstić information content (AvgIpc) is 3.01. The number of rotatable bonds is 4. The smallest absolute Gasteiger partial charge is 0.241 e. The van der Waals surface area contributed by atoms with Gasteiger partial charge in [-0.25, -0.2) is 4.98 Å². The largest absolute Gasteiger partial charge is 0.354 e. The minimum absolute atomic E-state index is 0.592. The molecule has 1 aliphatic rings. The number of aromatic nitrogens is 5. The van der Waals surface area contributed by atoms with Crippen LogP contribution in [0.4, 0.5) is 11.9 Å². The fraction of sp³-hybridized carbons (Fsp3) is 0.538. The van der Waals surface area contributed by atoms with Crippen molar-refractivity contribution in [2.24, 2.45) is 0 Å². The minimum atomic E-state index is 0.592. The lowest BCUT2D eigenvalue weighted by Gasteiger charge is -2.30. The summed E-state index contributed by atoms with van der Waals surface area (Å²) in [5, 5.41) is 3.77. The van der Waals surface area contributed by atoms with Crippen molar-refractivity contribution in [3.8, 4) is 5.95 Å². The standard InChI is InChI=1S/C13H19N7S/c1-3-15-11-16-12(19-6-7-21-10(2)8-19)18-13(17-11)20-5-4-14-9-20/h4-5,9-10H,3,6-8H2,1-2H3,(H,15,16,17,18). The third-order valence-corrected chi connectivity index (χ3v) is 4.34. The molecule has 21 heavy (non-hydrogen) atoms. The molecule has 0 bridgehead atoms. The van der Waals surface area contributed by atoms with Crippen LogP contribution in [0, 0.1) is 0 Å². The summed E-state index contributed by atoms with van der Waals surface area (Å²) in [4.78, 5) is 19.9. The van der Waals surface area contributed by atoms with E-state index >= 15 is 0 Å². The summed E-state index contributed by atoms with van der Waals surface area (Å²) in [5.41, 5.74) is 0. The summed E-state index contributed by atoms with van der Waals surface area (Å²) < 4.78 is 1.80. The van der Waals surface area contributed by atoms with Crippen LogP contribution in [0.1, 0.15) is 13.8 Å². The van der Waals surface area contributed by atoms with Crippen molar-refractivity contribution in [3.05, 3.63) is 18.7 Å². The van der Waals surface area contributed by atoms with Crippen LogP contribution in [0.15, 0.2) is 18.7 Å². The first-order chi connectivity index (χ1) is 10.3. The topological polar surface area (TPSA) is 71.8 Å². The highest BCUT2D eigenvalue weighted by molar-refractivity contribution is 8.00. The molecule has 112 valence electrons. The number of anilines is 2. The summed E-state index contributed by atoms with van der Waals surface area (Å²) >= 11 is 1.99. The number of thioether (sulfide) groups is 1. The summed E-state index contributed by atoms with van der Waals surface area (Å²) in [6.07, 6.45) is 5.25. The van der Waals surface area contributed by atoms with Gasteiger partial charge in [0.15, 0.2) is 0 Å². The summed E-state index contributed by atoms with van der Waals surface area (Å²) in [6.45, 7) is 6.97. The molecular weight excluding hydrogens is 286 g/mol. The van der Waals surface area contributed by atoms with Gasteiger partial charge >= 0.3 is 0 Å². The molecule has 0 amide bonds. The molecule has 0 aromatic carbocycles. The lowest BCUT2D eigenvalue weighted by atomic mass is 10.4. The molecule has 1 atom stereocenters. The molecule has 1 unspecified atom stereocenters. The van der Waals surface area contributed by atoms with Gasteiger partial charge in [-0.05, 0) is 6.92 Å². The van der Waals surface area contributed by atoms with Crippen molar-refractivity contribution < 1.29 is 0 Å². The molecule has 1 aliphatic heterocycles. The molecule has 1 saturated heterocycles. The second kappa shape index (κ2) is 6.30. The molecule has 3 heterocycles. The van der Waals surface area contributed by atoms with Crippen LogP contribution < -0.4 is 10.2 Å². The predicted molar refractivity (Wildman–Crippen MR) is 85.2 cm³/mol. The van der Waals surface area contributed by atoms with Gasteiger partial charge in [-0.3, -0.25) is 4.57 Å². The Morgan fingerprint density at radius 3 is 2.90 bits per heavy atom. The molecule has 2 aromatic rings. The Morgan fingerprint density at radius 1 is 1.33 bits per heavy atom. The Bertz CT molecular complexity index is 586. The Hall–Kier alpha value is -1.83. The number of nitrogens with one attached hydrogen (secondary N) is 1. The van der Waals surface area contributed by atoms with E-state index in [4.69, 9.17) is 0 Å². The maximum Gasteiger partial charge on any atom is 0.241 e. The molecule has 0 saturated carbocycles. The fourth-order valence-electron chi connectivity index (χ4n) is 2.23. The van der Waals surface area contributed by atoms with Gasteiger partial charge < -0.3 is 10.2 Å². The first-order valence-electron chi connectivity index (χ1n) is 7.11. The van der Waals surface area contributed by atoms with Crippen LogP contribution in [-0.2, 0) is 0 Å². The summed E-state index contributed by atoms with van der Waals surface area (Å²) in [7, 11) is 0. The SMILES string of the molecule is CCNc1nc(N2CCSC(C)C2)nc(-n2ccnc2)n1. The van der Waals surface area contributed by atoms with Gasteiger partial charge in [0.25, 0.3) is 0 Å². The highest BCUT2D eigenvalue weighted by Crippen LogP contribution is 2.22. The molecule has 0 aliphatic carbocycles. The zero-order valence-electron chi connectivity index (χ0n) is 12.2.